The van der Waals surface area contributed by atoms with E-state index in [1.165, 1.54) is 5.56 Å². The second-order valence-electron chi connectivity index (χ2n) is 12.6. The first-order chi connectivity index (χ1) is 20.6. The van der Waals surface area contributed by atoms with Gasteiger partial charge in [-0.15, -0.1) is 0 Å². The van der Waals surface area contributed by atoms with E-state index in [1.54, 1.807) is 12.1 Å². The van der Waals surface area contributed by atoms with Gasteiger partial charge in [0.05, 0.1) is 10.6 Å². The lowest BCUT2D eigenvalue weighted by molar-refractivity contribution is -0.112. The number of sulfone groups is 1. The normalized spacial score (nSPS) is 19.4. The van der Waals surface area contributed by atoms with Crippen molar-refractivity contribution in [3.05, 3.63) is 82.9 Å². The third-order valence-electron chi connectivity index (χ3n) is 8.84. The quantitative estimate of drug-likeness (QED) is 0.359. The highest BCUT2D eigenvalue weighted by Gasteiger charge is 2.28. The molecule has 1 fully saturated rings. The van der Waals surface area contributed by atoms with E-state index in [1.807, 2.05) is 48.5 Å². The Labute approximate surface area is 254 Å². The smallest absolute Gasteiger partial charge is 0.251 e. The minimum Gasteiger partial charge on any atom is -0.488 e. The molecule has 0 aliphatic carbocycles. The molecule has 1 saturated heterocycles. The van der Waals surface area contributed by atoms with Gasteiger partial charge in [0.25, 0.3) is 5.91 Å². The molecule has 1 N–H and O–H groups in total. The number of hydrogen-bond donors (Lipinski definition) is 1. The van der Waals surface area contributed by atoms with E-state index >= 15 is 0 Å². The first kappa shape index (κ1) is 29.6. The van der Waals surface area contributed by atoms with Crippen LogP contribution < -0.4 is 10.1 Å². The lowest BCUT2D eigenvalue weighted by atomic mass is 9.92. The second-order valence-corrected chi connectivity index (χ2v) is 14.7. The molecule has 8 heteroatoms. The first-order valence-electron chi connectivity index (χ1n) is 15.1. The Balaban J connectivity index is 1.20. The number of anilines is 1. The summed E-state index contributed by atoms with van der Waals surface area (Å²) in [5.74, 6) is 0.506. The van der Waals surface area contributed by atoms with Crippen LogP contribution in [-0.4, -0.2) is 56.9 Å². The minimum atomic E-state index is -3.54. The van der Waals surface area contributed by atoms with Crippen LogP contribution in [0.4, 0.5) is 5.69 Å². The Kier molecular flexibility index (Phi) is 8.20. The molecule has 0 radical (unpaired) electrons. The van der Waals surface area contributed by atoms with E-state index < -0.39 is 9.84 Å². The van der Waals surface area contributed by atoms with Gasteiger partial charge in [-0.25, -0.2) is 8.42 Å². The van der Waals surface area contributed by atoms with Crippen molar-refractivity contribution in [3.63, 3.8) is 0 Å². The summed E-state index contributed by atoms with van der Waals surface area (Å²) in [6.45, 7) is 6.64. The van der Waals surface area contributed by atoms with E-state index in [2.05, 4.69) is 37.2 Å². The molecule has 0 aromatic heterocycles. The average molecular weight is 601 g/mol. The Hall–Kier alpha value is -3.46. The lowest BCUT2D eigenvalue weighted by Gasteiger charge is -2.32. The molecule has 226 valence electrons. The summed E-state index contributed by atoms with van der Waals surface area (Å²) in [5, 5.41) is 2.98. The van der Waals surface area contributed by atoms with Crippen molar-refractivity contribution < 1.29 is 22.7 Å². The maximum absolute atomic E-state index is 13.4. The van der Waals surface area contributed by atoms with Crippen molar-refractivity contribution >= 4 is 27.5 Å². The number of carbonyl (C=O) groups is 1. The van der Waals surface area contributed by atoms with Crippen LogP contribution in [0.1, 0.15) is 56.2 Å². The zero-order valence-electron chi connectivity index (χ0n) is 25.2. The number of nitrogens with one attached hydrogen (secondary N) is 1. The predicted octanol–water partition coefficient (Wildman–Crippen LogP) is 6.27. The van der Waals surface area contributed by atoms with Gasteiger partial charge >= 0.3 is 0 Å². The molecule has 0 spiro atoms. The summed E-state index contributed by atoms with van der Waals surface area (Å²) in [7, 11) is -1.39. The van der Waals surface area contributed by atoms with Crippen LogP contribution in [0.3, 0.4) is 0 Å². The zero-order chi connectivity index (χ0) is 30.2. The van der Waals surface area contributed by atoms with Crippen molar-refractivity contribution in [2.45, 2.75) is 69.0 Å². The predicted molar refractivity (Wildman–Crippen MR) is 170 cm³/mol. The van der Waals surface area contributed by atoms with Crippen LogP contribution in [0.15, 0.2) is 71.1 Å². The highest BCUT2D eigenvalue weighted by Crippen LogP contribution is 2.37. The molecule has 3 aliphatic rings. The van der Waals surface area contributed by atoms with Crippen LogP contribution in [-0.2, 0) is 32.3 Å². The van der Waals surface area contributed by atoms with Gasteiger partial charge in [0, 0.05) is 37.1 Å². The molecule has 3 heterocycles. The molecule has 0 bridgehead atoms. The Morgan fingerprint density at radius 2 is 1.70 bits per heavy atom. The van der Waals surface area contributed by atoms with Crippen molar-refractivity contribution in [1.29, 1.82) is 0 Å². The number of rotatable bonds is 6. The van der Waals surface area contributed by atoms with Gasteiger partial charge in [-0.2, -0.15) is 0 Å². The number of carbonyl (C=O) groups excluding carboxylic acids is 1. The fraction of sp³-hybridized carbons (Fsp3) is 0.400. The SMILES string of the molecule is CN(Cc1ccc(NC(=O)C2=Cc3cc(-c4ccc5c(c4)CCC(C)(C)O5)ccc3S(=O)(=O)CC2)cc1)C1CCOCC1. The molecule has 43 heavy (non-hydrogen) atoms. The molecule has 6 rings (SSSR count). The molecule has 0 atom stereocenters. The second kappa shape index (κ2) is 11.9. The summed E-state index contributed by atoms with van der Waals surface area (Å²) in [5.41, 5.74) is 5.71. The van der Waals surface area contributed by atoms with Gasteiger partial charge in [-0.05, 0) is 123 Å². The van der Waals surface area contributed by atoms with E-state index in [0.29, 0.717) is 22.9 Å². The molecule has 3 aromatic rings. The number of benzene rings is 3. The van der Waals surface area contributed by atoms with Crippen molar-refractivity contribution in [3.8, 4) is 16.9 Å². The number of amides is 1. The van der Waals surface area contributed by atoms with Gasteiger partial charge < -0.3 is 14.8 Å². The van der Waals surface area contributed by atoms with Gasteiger partial charge in [0.15, 0.2) is 9.84 Å². The molecule has 3 aromatic carbocycles. The standard InChI is InChI=1S/C35H40N2O5S/c1-35(2)16-12-27-20-25(6-10-32(27)42-35)26-7-11-33-29(21-26)22-28(15-19-43(33,39)40)34(38)36-30-8-4-24(5-9-30)23-37(3)31-13-17-41-18-14-31/h4-11,20-22,31H,12-19,23H2,1-3H3,(H,36,38). The summed E-state index contributed by atoms with van der Waals surface area (Å²) < 4.78 is 38.0. The summed E-state index contributed by atoms with van der Waals surface area (Å²) in [6, 6.07) is 19.9. The number of ether oxygens (including phenoxy) is 2. The summed E-state index contributed by atoms with van der Waals surface area (Å²) >= 11 is 0. The fourth-order valence-electron chi connectivity index (χ4n) is 6.20. The summed E-state index contributed by atoms with van der Waals surface area (Å²) in [4.78, 5) is 16.0. The molecule has 1 amide bonds. The average Bonchev–Trinajstić information content (AvgIpc) is 3.13. The van der Waals surface area contributed by atoms with E-state index in [9.17, 15) is 13.2 Å². The molecule has 7 nitrogen and oxygen atoms in total. The van der Waals surface area contributed by atoms with E-state index in [0.717, 1.165) is 67.9 Å². The van der Waals surface area contributed by atoms with Crippen LogP contribution in [0.2, 0.25) is 0 Å². The van der Waals surface area contributed by atoms with Gasteiger partial charge in [-0.1, -0.05) is 24.3 Å². The van der Waals surface area contributed by atoms with Gasteiger partial charge in [-0.3, -0.25) is 9.69 Å². The van der Waals surface area contributed by atoms with E-state index in [-0.39, 0.29) is 28.6 Å². The molecule has 3 aliphatic heterocycles. The monoisotopic (exact) mass is 600 g/mol. The summed E-state index contributed by atoms with van der Waals surface area (Å²) in [6.07, 6.45) is 5.83. The number of hydrogen-bond acceptors (Lipinski definition) is 6. The van der Waals surface area contributed by atoms with Gasteiger partial charge in [0.2, 0.25) is 0 Å². The maximum Gasteiger partial charge on any atom is 0.251 e. The number of aryl methyl sites for hydroxylation is 1. The maximum atomic E-state index is 13.4. The Bertz CT molecular complexity index is 1650. The topological polar surface area (TPSA) is 84.9 Å². The van der Waals surface area contributed by atoms with Crippen LogP contribution in [0, 0.1) is 0 Å². The lowest BCUT2D eigenvalue weighted by Crippen LogP contribution is -2.36. The van der Waals surface area contributed by atoms with Crippen molar-refractivity contribution in [2.75, 3.05) is 31.3 Å². The Morgan fingerprint density at radius 1 is 0.977 bits per heavy atom. The zero-order valence-corrected chi connectivity index (χ0v) is 26.0. The largest absolute Gasteiger partial charge is 0.488 e. The molecule has 0 unspecified atom stereocenters. The highest BCUT2D eigenvalue weighted by molar-refractivity contribution is 7.91. The molecular formula is C35H40N2O5S. The van der Waals surface area contributed by atoms with Crippen LogP contribution in [0.5, 0.6) is 5.75 Å². The fourth-order valence-corrected chi connectivity index (χ4v) is 7.66. The first-order valence-corrected chi connectivity index (χ1v) is 16.8. The van der Waals surface area contributed by atoms with Crippen molar-refractivity contribution in [2.24, 2.45) is 0 Å². The highest BCUT2D eigenvalue weighted by atomic mass is 32.2. The number of fused-ring (bicyclic) bond motifs is 2. The third kappa shape index (κ3) is 6.71. The minimum absolute atomic E-state index is 0.109. The molecular weight excluding hydrogens is 560 g/mol. The molecule has 0 saturated carbocycles. The third-order valence-corrected chi connectivity index (χ3v) is 10.6. The van der Waals surface area contributed by atoms with E-state index in [4.69, 9.17) is 9.47 Å². The van der Waals surface area contributed by atoms with Crippen LogP contribution in [0.25, 0.3) is 17.2 Å². The number of nitrogens with zero attached hydrogens (tertiary/aromatic N) is 1. The Morgan fingerprint density at radius 3 is 2.47 bits per heavy atom. The van der Waals surface area contributed by atoms with Crippen LogP contribution >= 0.6 is 0 Å². The van der Waals surface area contributed by atoms with Crippen molar-refractivity contribution in [1.82, 2.24) is 4.90 Å². The van der Waals surface area contributed by atoms with Gasteiger partial charge in [0.1, 0.15) is 11.4 Å².